The maximum absolute atomic E-state index is 12.6. The van der Waals surface area contributed by atoms with Crippen molar-refractivity contribution in [3.8, 4) is 5.75 Å². The second-order valence-corrected chi connectivity index (χ2v) is 5.31. The molecule has 2 amide bonds. The maximum Gasteiger partial charge on any atom is 0.322 e. The van der Waals surface area contributed by atoms with Gasteiger partial charge in [0.15, 0.2) is 6.29 Å². The molecule has 0 radical (unpaired) electrons. The Balaban J connectivity index is 2.24. The number of ether oxygens (including phenoxy) is 3. The Morgan fingerprint density at radius 3 is 2.64 bits per heavy atom. The third-order valence-corrected chi connectivity index (χ3v) is 3.84. The predicted molar refractivity (Wildman–Crippen MR) is 97.0 cm³/mol. The van der Waals surface area contributed by atoms with Crippen LogP contribution in [0.5, 0.6) is 5.75 Å². The van der Waals surface area contributed by atoms with Crippen LogP contribution in [-0.4, -0.2) is 56.1 Å². The van der Waals surface area contributed by atoms with Gasteiger partial charge in [0.25, 0.3) is 0 Å². The number of fused-ring (bicyclic) bond motifs is 1. The van der Waals surface area contributed by atoms with Gasteiger partial charge in [0.05, 0.1) is 24.4 Å². The van der Waals surface area contributed by atoms with Gasteiger partial charge in [-0.2, -0.15) is 0 Å². The highest BCUT2D eigenvalue weighted by molar-refractivity contribution is 6.01. The quantitative estimate of drug-likeness (QED) is 0.743. The first-order valence-electron chi connectivity index (χ1n) is 8.26. The van der Waals surface area contributed by atoms with E-state index in [0.29, 0.717) is 30.9 Å². The van der Waals surface area contributed by atoms with E-state index < -0.39 is 6.29 Å². The van der Waals surface area contributed by atoms with Crippen molar-refractivity contribution in [3.05, 3.63) is 30.5 Å². The predicted octanol–water partition coefficient (Wildman–Crippen LogP) is 3.11. The van der Waals surface area contributed by atoms with Crippen molar-refractivity contribution in [2.75, 3.05) is 39.2 Å². The van der Waals surface area contributed by atoms with Crippen LogP contribution in [0.4, 0.5) is 10.5 Å². The second kappa shape index (κ2) is 9.19. The molecule has 0 atom stereocenters. The van der Waals surface area contributed by atoms with Gasteiger partial charge >= 0.3 is 6.03 Å². The SMILES string of the molecule is CCOc1ccc(NC(=O)N(CC)CC(OC)OC)c2ncccc12. The van der Waals surface area contributed by atoms with Crippen LogP contribution < -0.4 is 10.1 Å². The number of benzene rings is 1. The first-order valence-corrected chi connectivity index (χ1v) is 8.26. The van der Waals surface area contributed by atoms with E-state index in [2.05, 4.69) is 10.3 Å². The fourth-order valence-electron chi connectivity index (χ4n) is 2.50. The van der Waals surface area contributed by atoms with Gasteiger partial charge in [-0.05, 0) is 38.1 Å². The minimum Gasteiger partial charge on any atom is -0.493 e. The normalized spacial score (nSPS) is 10.9. The molecule has 0 aliphatic heterocycles. The molecule has 0 spiro atoms. The number of nitrogens with one attached hydrogen (secondary N) is 1. The molecule has 2 aromatic rings. The van der Waals surface area contributed by atoms with E-state index in [1.165, 1.54) is 0 Å². The minimum absolute atomic E-state index is 0.238. The molecular weight excluding hydrogens is 322 g/mol. The Morgan fingerprint density at radius 1 is 1.24 bits per heavy atom. The number of pyridine rings is 1. The summed E-state index contributed by atoms with van der Waals surface area (Å²) in [6.07, 6.45) is 1.22. The third-order valence-electron chi connectivity index (χ3n) is 3.84. The summed E-state index contributed by atoms with van der Waals surface area (Å²) in [5.74, 6) is 0.745. The van der Waals surface area contributed by atoms with Crippen molar-refractivity contribution in [3.63, 3.8) is 0 Å². The summed E-state index contributed by atoms with van der Waals surface area (Å²) in [5.41, 5.74) is 1.32. The monoisotopic (exact) mass is 347 g/mol. The minimum atomic E-state index is -0.471. The van der Waals surface area contributed by atoms with Gasteiger partial charge in [-0.1, -0.05) is 0 Å². The van der Waals surface area contributed by atoms with Crippen LogP contribution in [0.3, 0.4) is 0 Å². The lowest BCUT2D eigenvalue weighted by Gasteiger charge is -2.25. The largest absolute Gasteiger partial charge is 0.493 e. The van der Waals surface area contributed by atoms with E-state index in [0.717, 1.165) is 11.1 Å². The molecular formula is C18H25N3O4. The molecule has 1 aromatic heterocycles. The summed E-state index contributed by atoms with van der Waals surface area (Å²) in [6.45, 7) is 5.25. The molecule has 0 saturated carbocycles. The Morgan fingerprint density at radius 2 is 2.00 bits per heavy atom. The van der Waals surface area contributed by atoms with Crippen molar-refractivity contribution in [2.24, 2.45) is 0 Å². The average Bonchev–Trinajstić information content (AvgIpc) is 2.65. The molecule has 0 aliphatic rings. The number of aromatic nitrogens is 1. The van der Waals surface area contributed by atoms with Crippen LogP contribution in [0.25, 0.3) is 10.9 Å². The second-order valence-electron chi connectivity index (χ2n) is 5.31. The van der Waals surface area contributed by atoms with E-state index >= 15 is 0 Å². The number of likely N-dealkylation sites (N-methyl/N-ethyl adjacent to an activating group) is 1. The van der Waals surface area contributed by atoms with Crippen molar-refractivity contribution in [1.29, 1.82) is 0 Å². The van der Waals surface area contributed by atoms with Gasteiger partial charge in [0, 0.05) is 32.3 Å². The van der Waals surface area contributed by atoms with Crippen LogP contribution in [0.1, 0.15) is 13.8 Å². The highest BCUT2D eigenvalue weighted by Gasteiger charge is 2.18. The first kappa shape index (κ1) is 19.0. The highest BCUT2D eigenvalue weighted by Crippen LogP contribution is 2.30. The van der Waals surface area contributed by atoms with Crippen molar-refractivity contribution in [2.45, 2.75) is 20.1 Å². The van der Waals surface area contributed by atoms with E-state index in [1.807, 2.05) is 32.0 Å². The lowest BCUT2D eigenvalue weighted by atomic mass is 10.1. The summed E-state index contributed by atoms with van der Waals surface area (Å²) in [6, 6.07) is 7.17. The number of hydrogen-bond acceptors (Lipinski definition) is 5. The Hall–Kier alpha value is -2.38. The molecule has 1 N–H and O–H groups in total. The zero-order chi connectivity index (χ0) is 18.2. The fourth-order valence-corrected chi connectivity index (χ4v) is 2.50. The van der Waals surface area contributed by atoms with Gasteiger partial charge in [0.1, 0.15) is 5.75 Å². The topological polar surface area (TPSA) is 72.9 Å². The molecule has 2 rings (SSSR count). The van der Waals surface area contributed by atoms with E-state index in [4.69, 9.17) is 14.2 Å². The summed E-state index contributed by atoms with van der Waals surface area (Å²) in [7, 11) is 3.09. The standard InChI is InChI=1S/C18H25N3O4/c1-5-21(12-16(23-3)24-4)18(22)20-14-9-10-15(25-6-2)13-8-7-11-19-17(13)14/h7-11,16H,5-6,12H2,1-4H3,(H,20,22). The van der Waals surface area contributed by atoms with Crippen LogP contribution in [0, 0.1) is 0 Å². The fraction of sp³-hybridized carbons (Fsp3) is 0.444. The number of amides is 2. The number of anilines is 1. The van der Waals surface area contributed by atoms with Crippen molar-refractivity contribution in [1.82, 2.24) is 9.88 Å². The Labute approximate surface area is 147 Å². The zero-order valence-electron chi connectivity index (χ0n) is 15.1. The molecule has 0 saturated heterocycles. The first-order chi connectivity index (χ1) is 12.1. The van der Waals surface area contributed by atoms with Crippen LogP contribution >= 0.6 is 0 Å². The van der Waals surface area contributed by atoms with Crippen molar-refractivity contribution >= 4 is 22.6 Å². The summed E-state index contributed by atoms with van der Waals surface area (Å²) in [5, 5.41) is 3.77. The van der Waals surface area contributed by atoms with E-state index in [9.17, 15) is 4.79 Å². The molecule has 25 heavy (non-hydrogen) atoms. The number of hydrogen-bond donors (Lipinski definition) is 1. The molecule has 0 fully saturated rings. The number of nitrogens with zero attached hydrogens (tertiary/aromatic N) is 2. The van der Waals surface area contributed by atoms with Crippen molar-refractivity contribution < 1.29 is 19.0 Å². The van der Waals surface area contributed by atoms with E-state index in [1.54, 1.807) is 31.4 Å². The summed E-state index contributed by atoms with van der Waals surface area (Å²) >= 11 is 0. The molecule has 0 aliphatic carbocycles. The van der Waals surface area contributed by atoms with Gasteiger partial charge in [-0.25, -0.2) is 4.79 Å². The van der Waals surface area contributed by atoms with Gasteiger partial charge in [-0.3, -0.25) is 4.98 Å². The zero-order valence-corrected chi connectivity index (χ0v) is 15.1. The lowest BCUT2D eigenvalue weighted by molar-refractivity contribution is -0.110. The van der Waals surface area contributed by atoms with Gasteiger partial charge in [-0.15, -0.1) is 0 Å². The number of methoxy groups -OCH3 is 2. The molecule has 1 heterocycles. The Bertz CT molecular complexity index is 704. The molecule has 136 valence electrons. The average molecular weight is 347 g/mol. The number of carbonyl (C=O) groups excluding carboxylic acids is 1. The molecule has 7 nitrogen and oxygen atoms in total. The molecule has 0 unspecified atom stereocenters. The lowest BCUT2D eigenvalue weighted by Crippen LogP contribution is -2.41. The maximum atomic E-state index is 12.6. The van der Waals surface area contributed by atoms with E-state index in [-0.39, 0.29) is 6.03 Å². The summed E-state index contributed by atoms with van der Waals surface area (Å²) in [4.78, 5) is 18.6. The van der Waals surface area contributed by atoms with Crippen LogP contribution in [-0.2, 0) is 9.47 Å². The molecule has 7 heteroatoms. The van der Waals surface area contributed by atoms with Crippen LogP contribution in [0.2, 0.25) is 0 Å². The van der Waals surface area contributed by atoms with Gasteiger partial charge < -0.3 is 24.4 Å². The number of urea groups is 1. The Kier molecular flexibility index (Phi) is 6.97. The molecule has 0 bridgehead atoms. The summed E-state index contributed by atoms with van der Waals surface area (Å²) < 4.78 is 16.0. The van der Waals surface area contributed by atoms with Gasteiger partial charge in [0.2, 0.25) is 0 Å². The third kappa shape index (κ3) is 4.58. The number of rotatable bonds is 8. The highest BCUT2D eigenvalue weighted by atomic mass is 16.7. The van der Waals surface area contributed by atoms with Crippen LogP contribution in [0.15, 0.2) is 30.5 Å². The molecule has 1 aromatic carbocycles. The smallest absolute Gasteiger partial charge is 0.322 e. The number of carbonyl (C=O) groups is 1.